The number of likely N-dealkylation sites (N-methyl/N-ethyl adjacent to an activating group) is 1. The molecule has 0 unspecified atom stereocenters. The van der Waals surface area contributed by atoms with Crippen molar-refractivity contribution in [3.05, 3.63) is 60.8 Å². The molecule has 0 atom stereocenters. The zero-order valence-electron chi connectivity index (χ0n) is 13.3. The molecular weight excluding hydrogens is 291 g/mol. The maximum Gasteiger partial charge on any atom is 0.123 e. The number of hydrogen-bond acceptors (Lipinski definition) is 3. The molecule has 0 saturated heterocycles. The van der Waals surface area contributed by atoms with Crippen molar-refractivity contribution in [1.29, 1.82) is 0 Å². The largest absolute Gasteiger partial charge is 0.308 e. The molecular formula is C18H19FN4. The molecule has 0 N–H and O–H groups in total. The summed E-state index contributed by atoms with van der Waals surface area (Å²) in [5.74, 6) is -0.244. The Hall–Kier alpha value is -2.53. The molecule has 0 fully saturated rings. The third kappa shape index (κ3) is 3.63. The highest BCUT2D eigenvalue weighted by Gasteiger charge is 2.13. The van der Waals surface area contributed by atoms with Crippen LogP contribution in [0.2, 0.25) is 0 Å². The van der Waals surface area contributed by atoms with Crippen LogP contribution >= 0.6 is 0 Å². The molecule has 0 bridgehead atoms. The molecule has 2 aromatic heterocycles. The minimum Gasteiger partial charge on any atom is -0.308 e. The topological polar surface area (TPSA) is 34.0 Å². The number of pyridine rings is 1. The summed E-state index contributed by atoms with van der Waals surface area (Å²) < 4.78 is 15.1. The van der Waals surface area contributed by atoms with Crippen LogP contribution in [0.4, 0.5) is 4.39 Å². The van der Waals surface area contributed by atoms with E-state index in [9.17, 15) is 4.39 Å². The quantitative estimate of drug-likeness (QED) is 0.725. The van der Waals surface area contributed by atoms with Crippen LogP contribution in [0.25, 0.3) is 22.4 Å². The highest BCUT2D eigenvalue weighted by Crippen LogP contribution is 2.30. The van der Waals surface area contributed by atoms with Gasteiger partial charge in [0.1, 0.15) is 11.5 Å². The summed E-state index contributed by atoms with van der Waals surface area (Å²) >= 11 is 0. The average Bonchev–Trinajstić information content (AvgIpc) is 2.99. The Bertz CT molecular complexity index is 763. The molecule has 0 radical (unpaired) electrons. The third-order valence-electron chi connectivity index (χ3n) is 3.65. The Kier molecular flexibility index (Phi) is 4.48. The molecule has 4 nitrogen and oxygen atoms in total. The van der Waals surface area contributed by atoms with Gasteiger partial charge in [-0.1, -0.05) is 0 Å². The van der Waals surface area contributed by atoms with E-state index in [2.05, 4.69) is 9.88 Å². The van der Waals surface area contributed by atoms with Crippen LogP contribution in [0, 0.1) is 5.82 Å². The van der Waals surface area contributed by atoms with Crippen LogP contribution in [0.3, 0.4) is 0 Å². The average molecular weight is 310 g/mol. The molecule has 0 aliphatic carbocycles. The summed E-state index contributed by atoms with van der Waals surface area (Å²) in [6.45, 7) is 1.70. The Labute approximate surface area is 135 Å². The normalized spacial score (nSPS) is 11.1. The van der Waals surface area contributed by atoms with E-state index in [-0.39, 0.29) is 5.82 Å². The lowest BCUT2D eigenvalue weighted by atomic mass is 10.0. The van der Waals surface area contributed by atoms with Gasteiger partial charge in [-0.05, 0) is 56.1 Å². The molecule has 2 heterocycles. The van der Waals surface area contributed by atoms with Gasteiger partial charge in [0.2, 0.25) is 0 Å². The highest BCUT2D eigenvalue weighted by molar-refractivity contribution is 5.80. The number of rotatable bonds is 5. The van der Waals surface area contributed by atoms with E-state index >= 15 is 0 Å². The summed E-state index contributed by atoms with van der Waals surface area (Å²) in [6, 6.07) is 10.4. The minimum atomic E-state index is -0.244. The molecule has 0 saturated carbocycles. The first-order valence-corrected chi connectivity index (χ1v) is 7.52. The standard InChI is InChI=1S/C18H19FN4/c1-22(2)11-12-23-13-17(14-7-9-20-10-8-14)18(21-23)15-3-5-16(19)6-4-15/h3-10,13H,11-12H2,1-2H3. The molecule has 0 amide bonds. The van der Waals surface area contributed by atoms with E-state index in [1.165, 1.54) is 12.1 Å². The van der Waals surface area contributed by atoms with Crippen LogP contribution < -0.4 is 0 Å². The number of halogens is 1. The second-order valence-electron chi connectivity index (χ2n) is 5.70. The number of benzene rings is 1. The fourth-order valence-electron chi connectivity index (χ4n) is 2.40. The molecule has 3 aromatic rings. The predicted octanol–water partition coefficient (Wildman–Crippen LogP) is 3.31. The van der Waals surface area contributed by atoms with Crippen LogP contribution in [0.15, 0.2) is 55.0 Å². The lowest BCUT2D eigenvalue weighted by Crippen LogP contribution is -2.18. The fourth-order valence-corrected chi connectivity index (χ4v) is 2.40. The van der Waals surface area contributed by atoms with Crippen molar-refractivity contribution >= 4 is 0 Å². The molecule has 23 heavy (non-hydrogen) atoms. The van der Waals surface area contributed by atoms with E-state index in [1.54, 1.807) is 24.5 Å². The van der Waals surface area contributed by atoms with Gasteiger partial charge in [-0.2, -0.15) is 5.10 Å². The van der Waals surface area contributed by atoms with Gasteiger partial charge in [0, 0.05) is 36.3 Å². The summed E-state index contributed by atoms with van der Waals surface area (Å²) in [7, 11) is 4.07. The van der Waals surface area contributed by atoms with Crippen molar-refractivity contribution < 1.29 is 4.39 Å². The summed E-state index contributed by atoms with van der Waals surface area (Å²) in [6.07, 6.45) is 5.57. The van der Waals surface area contributed by atoms with Gasteiger partial charge >= 0.3 is 0 Å². The van der Waals surface area contributed by atoms with Crippen molar-refractivity contribution in [2.24, 2.45) is 0 Å². The summed E-state index contributed by atoms with van der Waals surface area (Å²) in [5, 5.41) is 4.71. The smallest absolute Gasteiger partial charge is 0.123 e. The maximum absolute atomic E-state index is 13.2. The second-order valence-corrected chi connectivity index (χ2v) is 5.70. The van der Waals surface area contributed by atoms with Gasteiger partial charge in [-0.3, -0.25) is 9.67 Å². The van der Waals surface area contributed by atoms with Gasteiger partial charge in [-0.25, -0.2) is 4.39 Å². The van der Waals surface area contributed by atoms with E-state index in [0.29, 0.717) is 0 Å². The van der Waals surface area contributed by atoms with E-state index in [4.69, 9.17) is 5.10 Å². The van der Waals surface area contributed by atoms with Crippen LogP contribution in [-0.4, -0.2) is 40.3 Å². The Morgan fingerprint density at radius 1 is 1.00 bits per heavy atom. The first-order valence-electron chi connectivity index (χ1n) is 7.52. The van der Waals surface area contributed by atoms with E-state index in [0.717, 1.165) is 35.5 Å². The first-order chi connectivity index (χ1) is 11.1. The zero-order valence-corrected chi connectivity index (χ0v) is 13.3. The predicted molar refractivity (Wildman–Crippen MR) is 89.4 cm³/mol. The minimum absolute atomic E-state index is 0.244. The van der Waals surface area contributed by atoms with Gasteiger partial charge in [-0.15, -0.1) is 0 Å². The van der Waals surface area contributed by atoms with Crippen molar-refractivity contribution in [2.45, 2.75) is 6.54 Å². The first kappa shape index (κ1) is 15.4. The van der Waals surface area contributed by atoms with Crippen molar-refractivity contribution in [3.63, 3.8) is 0 Å². The lowest BCUT2D eigenvalue weighted by molar-refractivity contribution is 0.373. The highest BCUT2D eigenvalue weighted by atomic mass is 19.1. The van der Waals surface area contributed by atoms with Crippen LogP contribution in [0.1, 0.15) is 0 Å². The summed E-state index contributed by atoms with van der Waals surface area (Å²) in [4.78, 5) is 6.18. The van der Waals surface area contributed by atoms with Gasteiger partial charge in [0.05, 0.1) is 6.54 Å². The van der Waals surface area contributed by atoms with Gasteiger partial charge in [0.15, 0.2) is 0 Å². The monoisotopic (exact) mass is 310 g/mol. The van der Waals surface area contributed by atoms with Crippen molar-refractivity contribution in [3.8, 4) is 22.4 Å². The van der Waals surface area contributed by atoms with E-state index < -0.39 is 0 Å². The van der Waals surface area contributed by atoms with Crippen molar-refractivity contribution in [1.82, 2.24) is 19.7 Å². The Balaban J connectivity index is 2.03. The second kappa shape index (κ2) is 6.71. The summed E-state index contributed by atoms with van der Waals surface area (Å²) in [5.41, 5.74) is 3.84. The van der Waals surface area contributed by atoms with Gasteiger partial charge < -0.3 is 4.90 Å². The molecule has 118 valence electrons. The molecule has 0 spiro atoms. The Morgan fingerprint density at radius 2 is 1.70 bits per heavy atom. The molecule has 0 aliphatic rings. The SMILES string of the molecule is CN(C)CCn1cc(-c2ccncc2)c(-c2ccc(F)cc2)n1. The fraction of sp³-hybridized carbons (Fsp3) is 0.222. The molecule has 1 aromatic carbocycles. The third-order valence-corrected chi connectivity index (χ3v) is 3.65. The number of aromatic nitrogens is 3. The van der Waals surface area contributed by atoms with Crippen LogP contribution in [0.5, 0.6) is 0 Å². The zero-order chi connectivity index (χ0) is 16.2. The van der Waals surface area contributed by atoms with E-state index in [1.807, 2.05) is 37.1 Å². The Morgan fingerprint density at radius 3 is 2.35 bits per heavy atom. The molecule has 5 heteroatoms. The van der Waals surface area contributed by atoms with Crippen LogP contribution in [-0.2, 0) is 6.54 Å². The maximum atomic E-state index is 13.2. The molecule has 0 aliphatic heterocycles. The van der Waals surface area contributed by atoms with Crippen molar-refractivity contribution in [2.75, 3.05) is 20.6 Å². The lowest BCUT2D eigenvalue weighted by Gasteiger charge is -2.08. The molecule has 3 rings (SSSR count). The number of nitrogens with zero attached hydrogens (tertiary/aromatic N) is 4. The van der Waals surface area contributed by atoms with Gasteiger partial charge in [0.25, 0.3) is 0 Å². The number of hydrogen-bond donors (Lipinski definition) is 0.